The van der Waals surface area contributed by atoms with Crippen molar-refractivity contribution in [1.82, 2.24) is 10.2 Å². The molecule has 3 atom stereocenters. The van der Waals surface area contributed by atoms with Gasteiger partial charge in [-0.1, -0.05) is 85.5 Å². The molecule has 0 fully saturated rings. The van der Waals surface area contributed by atoms with E-state index in [0.29, 0.717) is 19.1 Å². The molecule has 202 valence electrons. The van der Waals surface area contributed by atoms with E-state index in [9.17, 15) is 14.4 Å². The van der Waals surface area contributed by atoms with Crippen molar-refractivity contribution >= 4 is 17.7 Å². The summed E-state index contributed by atoms with van der Waals surface area (Å²) in [5.74, 6) is 1.49. The third-order valence-electron chi connectivity index (χ3n) is 7.36. The molecule has 3 unspecified atom stereocenters. The number of nitrogens with zero attached hydrogens (tertiary/aromatic N) is 1. The van der Waals surface area contributed by atoms with E-state index in [1.54, 1.807) is 0 Å². The van der Waals surface area contributed by atoms with Crippen LogP contribution in [0.3, 0.4) is 0 Å². The summed E-state index contributed by atoms with van der Waals surface area (Å²) >= 11 is 0. The molecule has 0 saturated carbocycles. The van der Waals surface area contributed by atoms with E-state index in [4.69, 9.17) is 4.74 Å². The molecule has 0 radical (unpaired) electrons. The van der Waals surface area contributed by atoms with Crippen LogP contribution in [0, 0.1) is 17.8 Å². The minimum Gasteiger partial charge on any atom is -0.381 e. The van der Waals surface area contributed by atoms with Crippen LogP contribution in [-0.4, -0.2) is 48.9 Å². The van der Waals surface area contributed by atoms with Crippen molar-refractivity contribution < 1.29 is 19.1 Å². The van der Waals surface area contributed by atoms with Gasteiger partial charge in [-0.25, -0.2) is 0 Å². The number of amides is 3. The first-order valence-corrected chi connectivity index (χ1v) is 14.3. The lowest BCUT2D eigenvalue weighted by molar-refractivity contribution is -0.137. The topological polar surface area (TPSA) is 75.7 Å². The van der Waals surface area contributed by atoms with Crippen LogP contribution < -0.4 is 5.32 Å². The molecule has 0 aromatic heterocycles. The second-order valence-electron chi connectivity index (χ2n) is 10.2. The standard InChI is InChI=1S/C29H52N2O4/c1-5-11-24(7-3)13-9-14-26(16-15-25(8-4)12-6-2)23-35-22-10-20-30-27(32)19-21-31-28(33)17-18-29(31)34/h17-18,24-26H,5-16,19-23H2,1-4H3,(H,30,32). The minimum absolute atomic E-state index is 0.128. The van der Waals surface area contributed by atoms with Crippen molar-refractivity contribution in [3.05, 3.63) is 12.2 Å². The highest BCUT2D eigenvalue weighted by Gasteiger charge is 2.23. The molecule has 1 rings (SSSR count). The zero-order chi connectivity index (χ0) is 25.9. The lowest BCUT2D eigenvalue weighted by Gasteiger charge is -2.22. The maximum Gasteiger partial charge on any atom is 0.253 e. The molecule has 0 aliphatic carbocycles. The predicted octanol–water partition coefficient (Wildman–Crippen LogP) is 6.04. The first kappa shape index (κ1) is 31.3. The molecule has 1 aliphatic heterocycles. The highest BCUT2D eigenvalue weighted by molar-refractivity contribution is 6.13. The molecule has 0 saturated heterocycles. The van der Waals surface area contributed by atoms with Crippen molar-refractivity contribution in [3.8, 4) is 0 Å². The molecule has 3 amide bonds. The number of carbonyl (C=O) groups is 3. The maximum atomic E-state index is 12.0. The van der Waals surface area contributed by atoms with E-state index >= 15 is 0 Å². The Morgan fingerprint density at radius 2 is 1.40 bits per heavy atom. The van der Waals surface area contributed by atoms with Crippen LogP contribution in [0.15, 0.2) is 12.2 Å². The summed E-state index contributed by atoms with van der Waals surface area (Å²) in [6.07, 6.45) is 17.6. The third kappa shape index (κ3) is 13.8. The zero-order valence-electron chi connectivity index (χ0n) is 23.0. The SMILES string of the molecule is CCCC(CC)CCCC(CCC(CC)CCC)COCCCNC(=O)CCN1C(=O)C=CC1=O. The summed E-state index contributed by atoms with van der Waals surface area (Å²) < 4.78 is 6.05. The Labute approximate surface area is 214 Å². The summed E-state index contributed by atoms with van der Waals surface area (Å²) in [5.41, 5.74) is 0. The van der Waals surface area contributed by atoms with Gasteiger partial charge in [0.15, 0.2) is 0 Å². The molecule has 0 spiro atoms. The molecule has 1 N–H and O–H groups in total. The van der Waals surface area contributed by atoms with Crippen LogP contribution in [0.25, 0.3) is 0 Å². The summed E-state index contributed by atoms with van der Waals surface area (Å²) in [6.45, 7) is 11.3. The Hall–Kier alpha value is -1.69. The van der Waals surface area contributed by atoms with Gasteiger partial charge in [0.2, 0.25) is 5.91 Å². The molecular formula is C29H52N2O4. The minimum atomic E-state index is -0.346. The Balaban J connectivity index is 2.28. The number of ether oxygens (including phenoxy) is 1. The first-order valence-electron chi connectivity index (χ1n) is 14.3. The number of hydrogen-bond acceptors (Lipinski definition) is 4. The van der Waals surface area contributed by atoms with Gasteiger partial charge >= 0.3 is 0 Å². The van der Waals surface area contributed by atoms with E-state index in [0.717, 1.165) is 29.8 Å². The third-order valence-corrected chi connectivity index (χ3v) is 7.36. The molecule has 35 heavy (non-hydrogen) atoms. The largest absolute Gasteiger partial charge is 0.381 e. The van der Waals surface area contributed by atoms with Gasteiger partial charge < -0.3 is 10.1 Å². The number of nitrogens with one attached hydrogen (secondary N) is 1. The van der Waals surface area contributed by atoms with Gasteiger partial charge in [0, 0.05) is 44.9 Å². The lowest BCUT2D eigenvalue weighted by Crippen LogP contribution is -2.35. The van der Waals surface area contributed by atoms with Crippen LogP contribution in [-0.2, 0) is 19.1 Å². The second kappa shape index (κ2) is 19.5. The Kier molecular flexibility index (Phi) is 17.5. The fourth-order valence-electron chi connectivity index (χ4n) is 5.00. The van der Waals surface area contributed by atoms with Crippen LogP contribution >= 0.6 is 0 Å². The zero-order valence-corrected chi connectivity index (χ0v) is 23.0. The molecule has 1 aliphatic rings. The second-order valence-corrected chi connectivity index (χ2v) is 10.2. The summed E-state index contributed by atoms with van der Waals surface area (Å²) in [5, 5.41) is 2.86. The van der Waals surface area contributed by atoms with Gasteiger partial charge in [-0.2, -0.15) is 0 Å². The highest BCUT2D eigenvalue weighted by atomic mass is 16.5. The van der Waals surface area contributed by atoms with Crippen LogP contribution in [0.1, 0.15) is 111 Å². The van der Waals surface area contributed by atoms with E-state index < -0.39 is 0 Å². The van der Waals surface area contributed by atoms with Gasteiger partial charge in [-0.3, -0.25) is 19.3 Å². The quantitative estimate of drug-likeness (QED) is 0.148. The van der Waals surface area contributed by atoms with Crippen molar-refractivity contribution in [2.75, 3.05) is 26.3 Å². The molecule has 6 heteroatoms. The molecule has 6 nitrogen and oxygen atoms in total. The van der Waals surface area contributed by atoms with Gasteiger partial charge in [0.25, 0.3) is 11.8 Å². The molecule has 0 bridgehead atoms. The fourth-order valence-corrected chi connectivity index (χ4v) is 5.00. The van der Waals surface area contributed by atoms with Gasteiger partial charge in [-0.15, -0.1) is 0 Å². The smallest absolute Gasteiger partial charge is 0.253 e. The molecule has 1 heterocycles. The average Bonchev–Trinajstić information content (AvgIpc) is 3.17. The maximum absolute atomic E-state index is 12.0. The van der Waals surface area contributed by atoms with Gasteiger partial charge in [-0.05, 0) is 37.0 Å². The van der Waals surface area contributed by atoms with E-state index in [-0.39, 0.29) is 30.7 Å². The van der Waals surface area contributed by atoms with Gasteiger partial charge in [0.1, 0.15) is 0 Å². The number of imide groups is 1. The van der Waals surface area contributed by atoms with E-state index in [2.05, 4.69) is 33.0 Å². The van der Waals surface area contributed by atoms with Crippen molar-refractivity contribution in [2.45, 2.75) is 111 Å². The van der Waals surface area contributed by atoms with E-state index in [1.165, 1.54) is 82.8 Å². The van der Waals surface area contributed by atoms with Crippen molar-refractivity contribution in [2.24, 2.45) is 17.8 Å². The Bertz CT molecular complexity index is 616. The predicted molar refractivity (Wildman–Crippen MR) is 143 cm³/mol. The normalized spacial score (nSPS) is 16.1. The fraction of sp³-hybridized carbons (Fsp3) is 0.828. The van der Waals surface area contributed by atoms with Crippen LogP contribution in [0.4, 0.5) is 0 Å². The lowest BCUT2D eigenvalue weighted by atomic mass is 9.87. The Morgan fingerprint density at radius 1 is 0.829 bits per heavy atom. The molecule has 0 aromatic carbocycles. The number of hydrogen-bond donors (Lipinski definition) is 1. The summed E-state index contributed by atoms with van der Waals surface area (Å²) in [4.78, 5) is 36.2. The Morgan fingerprint density at radius 3 is 2.00 bits per heavy atom. The van der Waals surface area contributed by atoms with E-state index in [1.807, 2.05) is 0 Å². The first-order chi connectivity index (χ1) is 16.9. The summed E-state index contributed by atoms with van der Waals surface area (Å²) in [6, 6.07) is 0. The number of rotatable bonds is 22. The van der Waals surface area contributed by atoms with Crippen molar-refractivity contribution in [1.29, 1.82) is 0 Å². The average molecular weight is 493 g/mol. The monoisotopic (exact) mass is 492 g/mol. The van der Waals surface area contributed by atoms with Crippen LogP contribution in [0.5, 0.6) is 0 Å². The van der Waals surface area contributed by atoms with Crippen molar-refractivity contribution in [3.63, 3.8) is 0 Å². The molecular weight excluding hydrogens is 440 g/mol. The number of carbonyl (C=O) groups excluding carboxylic acids is 3. The molecule has 0 aromatic rings. The van der Waals surface area contributed by atoms with Gasteiger partial charge in [0.05, 0.1) is 0 Å². The summed E-state index contributed by atoms with van der Waals surface area (Å²) in [7, 11) is 0. The van der Waals surface area contributed by atoms with Crippen LogP contribution in [0.2, 0.25) is 0 Å². The highest BCUT2D eigenvalue weighted by Crippen LogP contribution is 2.26.